The van der Waals surface area contributed by atoms with Crippen LogP contribution in [0.5, 0.6) is 0 Å². The lowest BCUT2D eigenvalue weighted by Crippen LogP contribution is -2.19. The summed E-state index contributed by atoms with van der Waals surface area (Å²) in [6.45, 7) is 3.83. The molecule has 0 aliphatic rings. The lowest BCUT2D eigenvalue weighted by molar-refractivity contribution is 0.0518. The predicted molar refractivity (Wildman–Crippen MR) is 131 cm³/mol. The van der Waals surface area contributed by atoms with Gasteiger partial charge in [0.1, 0.15) is 0 Å². The number of nitrogens with zero attached hydrogens (tertiary/aromatic N) is 3. The van der Waals surface area contributed by atoms with Gasteiger partial charge in [0.2, 0.25) is 0 Å². The molecule has 0 spiro atoms. The van der Waals surface area contributed by atoms with Crippen molar-refractivity contribution in [2.75, 3.05) is 17.2 Å². The minimum Gasteiger partial charge on any atom is -0.461 e. The number of rotatable bonds is 7. The number of amides is 2. The van der Waals surface area contributed by atoms with Crippen LogP contribution < -0.4 is 10.6 Å². The number of anilines is 2. The molecule has 9 heteroatoms. The van der Waals surface area contributed by atoms with Gasteiger partial charge in [-0.3, -0.25) is 14.6 Å². The lowest BCUT2D eigenvalue weighted by Gasteiger charge is -2.14. The molecule has 0 unspecified atom stereocenters. The Labute approximate surface area is 201 Å². The molecule has 0 radical (unpaired) electrons. The number of hydrogen-bond donors (Lipinski definition) is 2. The molecular formula is C26H23N5O4. The van der Waals surface area contributed by atoms with Crippen molar-refractivity contribution in [2.45, 2.75) is 13.8 Å². The van der Waals surface area contributed by atoms with Gasteiger partial charge in [0.25, 0.3) is 11.8 Å². The SMILES string of the molecule is CCOC(=O)c1ccn(-c2ccc(NC(=O)c3cccc(C)c3NC(=O)c3ccncc3)cc2)n1. The first-order valence-corrected chi connectivity index (χ1v) is 10.9. The molecule has 0 aliphatic heterocycles. The number of benzene rings is 2. The number of aryl methyl sites for hydroxylation is 1. The molecule has 2 aromatic heterocycles. The molecule has 4 aromatic rings. The van der Waals surface area contributed by atoms with Gasteiger partial charge in [-0.25, -0.2) is 9.48 Å². The van der Waals surface area contributed by atoms with Gasteiger partial charge in [0, 0.05) is 29.8 Å². The monoisotopic (exact) mass is 469 g/mol. The summed E-state index contributed by atoms with van der Waals surface area (Å²) in [7, 11) is 0. The normalized spacial score (nSPS) is 10.5. The maximum absolute atomic E-state index is 13.1. The van der Waals surface area contributed by atoms with E-state index in [2.05, 4.69) is 20.7 Å². The Morgan fingerprint density at radius 2 is 1.66 bits per heavy atom. The zero-order valence-corrected chi connectivity index (χ0v) is 19.2. The van der Waals surface area contributed by atoms with Crippen LogP contribution in [0.2, 0.25) is 0 Å². The van der Waals surface area contributed by atoms with E-state index in [0.717, 1.165) is 5.56 Å². The molecule has 2 heterocycles. The van der Waals surface area contributed by atoms with Crippen LogP contribution in [-0.2, 0) is 4.74 Å². The molecule has 2 aromatic carbocycles. The number of aromatic nitrogens is 3. The summed E-state index contributed by atoms with van der Waals surface area (Å²) < 4.78 is 6.50. The molecule has 2 amide bonds. The molecule has 4 rings (SSSR count). The highest BCUT2D eigenvalue weighted by Gasteiger charge is 2.17. The fourth-order valence-corrected chi connectivity index (χ4v) is 3.39. The van der Waals surface area contributed by atoms with E-state index in [1.807, 2.05) is 13.0 Å². The number of hydrogen-bond acceptors (Lipinski definition) is 6. The number of nitrogens with one attached hydrogen (secondary N) is 2. The third-order valence-electron chi connectivity index (χ3n) is 5.16. The number of pyridine rings is 1. The van der Waals surface area contributed by atoms with E-state index in [4.69, 9.17) is 4.74 Å². The predicted octanol–water partition coefficient (Wildman–Crippen LogP) is 4.26. The summed E-state index contributed by atoms with van der Waals surface area (Å²) in [5, 5.41) is 9.91. The van der Waals surface area contributed by atoms with Crippen LogP contribution >= 0.6 is 0 Å². The number of carbonyl (C=O) groups excluding carboxylic acids is 3. The number of ether oxygens (including phenoxy) is 1. The van der Waals surface area contributed by atoms with Crippen molar-refractivity contribution in [1.82, 2.24) is 14.8 Å². The minimum absolute atomic E-state index is 0.213. The second-order valence-electron chi connectivity index (χ2n) is 7.55. The molecule has 0 saturated carbocycles. The van der Waals surface area contributed by atoms with Crippen molar-refractivity contribution in [2.24, 2.45) is 0 Å². The van der Waals surface area contributed by atoms with Crippen LogP contribution in [0, 0.1) is 6.92 Å². The van der Waals surface area contributed by atoms with E-state index >= 15 is 0 Å². The van der Waals surface area contributed by atoms with Gasteiger partial charge >= 0.3 is 5.97 Å². The molecule has 176 valence electrons. The van der Waals surface area contributed by atoms with E-state index < -0.39 is 5.97 Å². The van der Waals surface area contributed by atoms with Crippen molar-refractivity contribution >= 4 is 29.2 Å². The third-order valence-corrected chi connectivity index (χ3v) is 5.16. The smallest absolute Gasteiger partial charge is 0.358 e. The van der Waals surface area contributed by atoms with Crippen LogP contribution in [0.4, 0.5) is 11.4 Å². The van der Waals surface area contributed by atoms with Gasteiger partial charge in [-0.1, -0.05) is 12.1 Å². The second-order valence-corrected chi connectivity index (χ2v) is 7.55. The fraction of sp³-hybridized carbons (Fsp3) is 0.115. The molecule has 0 fully saturated rings. The van der Waals surface area contributed by atoms with Crippen LogP contribution in [-0.4, -0.2) is 39.2 Å². The zero-order chi connectivity index (χ0) is 24.8. The minimum atomic E-state index is -0.486. The Morgan fingerprint density at radius 1 is 0.914 bits per heavy atom. The number of carbonyl (C=O) groups is 3. The summed E-state index contributed by atoms with van der Waals surface area (Å²) >= 11 is 0. The summed E-state index contributed by atoms with van der Waals surface area (Å²) in [6.07, 6.45) is 4.72. The Kier molecular flexibility index (Phi) is 6.96. The van der Waals surface area contributed by atoms with E-state index in [1.165, 1.54) is 12.4 Å². The van der Waals surface area contributed by atoms with E-state index in [-0.39, 0.29) is 24.1 Å². The first kappa shape index (κ1) is 23.4. The molecule has 9 nitrogen and oxygen atoms in total. The van der Waals surface area contributed by atoms with E-state index in [9.17, 15) is 14.4 Å². The zero-order valence-electron chi connectivity index (χ0n) is 19.2. The summed E-state index contributed by atoms with van der Waals surface area (Å²) in [5.41, 5.74) is 3.45. The molecule has 0 saturated heterocycles. The van der Waals surface area contributed by atoms with Crippen LogP contribution in [0.1, 0.15) is 43.7 Å². The highest BCUT2D eigenvalue weighted by molar-refractivity contribution is 6.13. The van der Waals surface area contributed by atoms with Crippen molar-refractivity contribution in [3.8, 4) is 5.69 Å². The first-order valence-electron chi connectivity index (χ1n) is 10.9. The van der Waals surface area contributed by atoms with E-state index in [1.54, 1.807) is 72.4 Å². The van der Waals surface area contributed by atoms with Crippen LogP contribution in [0.3, 0.4) is 0 Å². The van der Waals surface area contributed by atoms with Crippen molar-refractivity contribution in [1.29, 1.82) is 0 Å². The highest BCUT2D eigenvalue weighted by atomic mass is 16.5. The Balaban J connectivity index is 1.49. The Morgan fingerprint density at radius 3 is 2.37 bits per heavy atom. The van der Waals surface area contributed by atoms with Crippen molar-refractivity contribution < 1.29 is 19.1 Å². The average molecular weight is 470 g/mol. The van der Waals surface area contributed by atoms with Gasteiger partial charge in [0.15, 0.2) is 5.69 Å². The number of esters is 1. The summed E-state index contributed by atoms with van der Waals surface area (Å²) in [4.78, 5) is 41.4. The second kappa shape index (κ2) is 10.4. The van der Waals surface area contributed by atoms with Crippen LogP contribution in [0.15, 0.2) is 79.3 Å². The molecule has 0 bridgehead atoms. The maximum atomic E-state index is 13.1. The van der Waals surface area contributed by atoms with Crippen molar-refractivity contribution in [3.63, 3.8) is 0 Å². The van der Waals surface area contributed by atoms with Crippen molar-refractivity contribution in [3.05, 3.63) is 102 Å². The molecule has 2 N–H and O–H groups in total. The molecular weight excluding hydrogens is 446 g/mol. The maximum Gasteiger partial charge on any atom is 0.358 e. The van der Waals surface area contributed by atoms with E-state index in [0.29, 0.717) is 28.2 Å². The highest BCUT2D eigenvalue weighted by Crippen LogP contribution is 2.23. The molecule has 0 atom stereocenters. The van der Waals surface area contributed by atoms with Gasteiger partial charge in [-0.2, -0.15) is 5.10 Å². The van der Waals surface area contributed by atoms with Crippen LogP contribution in [0.25, 0.3) is 5.69 Å². The Bertz CT molecular complexity index is 1360. The quantitative estimate of drug-likeness (QED) is 0.391. The standard InChI is InChI=1S/C26H23N5O4/c1-3-35-26(34)22-13-16-31(30-22)20-9-7-19(8-10-20)28-25(33)21-6-4-5-17(2)23(21)29-24(32)18-11-14-27-15-12-18/h4-16H,3H2,1-2H3,(H,28,33)(H,29,32). The topological polar surface area (TPSA) is 115 Å². The van der Waals surface area contributed by atoms with Gasteiger partial charge in [0.05, 0.1) is 23.5 Å². The number of para-hydroxylation sites is 1. The Hall–Kier alpha value is -4.79. The molecule has 35 heavy (non-hydrogen) atoms. The van der Waals surface area contributed by atoms with Gasteiger partial charge in [-0.05, 0) is 67.9 Å². The average Bonchev–Trinajstić information content (AvgIpc) is 3.37. The largest absolute Gasteiger partial charge is 0.461 e. The first-order chi connectivity index (χ1) is 17.0. The summed E-state index contributed by atoms with van der Waals surface area (Å²) in [6, 6.07) is 17.0. The van der Waals surface area contributed by atoms with Gasteiger partial charge in [-0.15, -0.1) is 0 Å². The molecule has 0 aliphatic carbocycles. The lowest BCUT2D eigenvalue weighted by atomic mass is 10.1. The van der Waals surface area contributed by atoms with Gasteiger partial charge < -0.3 is 15.4 Å². The summed E-state index contributed by atoms with van der Waals surface area (Å²) in [5.74, 6) is -1.18. The fourth-order valence-electron chi connectivity index (χ4n) is 3.39. The third kappa shape index (κ3) is 5.41.